The van der Waals surface area contributed by atoms with Crippen molar-refractivity contribution in [3.05, 3.63) is 30.1 Å². The first kappa shape index (κ1) is 19.6. The average Bonchev–Trinajstić information content (AvgIpc) is 3.14. The smallest absolute Gasteiger partial charge is 0.248 e. The van der Waals surface area contributed by atoms with Crippen LogP contribution < -0.4 is 4.90 Å². The summed E-state index contributed by atoms with van der Waals surface area (Å²) < 4.78 is 40.8. The molecule has 2 saturated heterocycles. The zero-order chi connectivity index (χ0) is 20.2. The zero-order valence-electron chi connectivity index (χ0n) is 16.7. The summed E-state index contributed by atoms with van der Waals surface area (Å²) in [7, 11) is 0. The second kappa shape index (κ2) is 6.67. The molecule has 28 heavy (non-hydrogen) atoms. The number of carbonyl (C=O) groups excluding carboxylic acids is 1. The number of alkyl halides is 2. The van der Waals surface area contributed by atoms with E-state index in [1.165, 1.54) is 6.07 Å². The molecular weight excluding hydrogens is 365 g/mol. The summed E-state index contributed by atoms with van der Waals surface area (Å²) in [6.45, 7) is 5.63. The Hall–Kier alpha value is -1.72. The number of hydrogen-bond acceptors (Lipinski definition) is 2. The summed E-state index contributed by atoms with van der Waals surface area (Å²) in [4.78, 5) is 17.5. The minimum absolute atomic E-state index is 0.0462. The lowest BCUT2D eigenvalue weighted by atomic mass is 9.83. The Morgan fingerprint density at radius 1 is 1.14 bits per heavy atom. The minimum atomic E-state index is -2.62. The largest absolute Gasteiger partial charge is 0.364 e. The van der Waals surface area contributed by atoms with Gasteiger partial charge in [0.25, 0.3) is 0 Å². The molecule has 1 atom stereocenters. The molecule has 0 radical (unpaired) electrons. The molecule has 6 heteroatoms. The Balaban J connectivity index is 1.56. The van der Waals surface area contributed by atoms with Gasteiger partial charge in [-0.05, 0) is 64.2 Å². The zero-order valence-corrected chi connectivity index (χ0v) is 16.7. The molecule has 1 aliphatic carbocycles. The molecule has 154 valence electrons. The molecule has 1 aromatic carbocycles. The lowest BCUT2D eigenvalue weighted by Crippen LogP contribution is -2.51. The molecule has 1 amide bonds. The maximum Gasteiger partial charge on any atom is 0.248 e. The highest BCUT2D eigenvalue weighted by Crippen LogP contribution is 2.48. The second-order valence-corrected chi connectivity index (χ2v) is 9.50. The molecule has 0 bridgehead atoms. The Kier molecular flexibility index (Phi) is 4.66. The van der Waals surface area contributed by atoms with Crippen LogP contribution in [0, 0.1) is 11.7 Å². The van der Waals surface area contributed by atoms with E-state index in [0.29, 0.717) is 13.1 Å². The Bertz CT molecular complexity index is 756. The number of halogens is 3. The predicted molar refractivity (Wildman–Crippen MR) is 103 cm³/mol. The van der Waals surface area contributed by atoms with Crippen molar-refractivity contribution in [1.82, 2.24) is 4.90 Å². The quantitative estimate of drug-likeness (QED) is 0.705. The van der Waals surface area contributed by atoms with Crippen molar-refractivity contribution in [3.8, 4) is 0 Å². The fourth-order valence-corrected chi connectivity index (χ4v) is 5.69. The number of hydrogen-bond donors (Lipinski definition) is 0. The van der Waals surface area contributed by atoms with Gasteiger partial charge in [-0.3, -0.25) is 4.79 Å². The number of benzene rings is 1. The topological polar surface area (TPSA) is 23.6 Å². The van der Waals surface area contributed by atoms with Crippen molar-refractivity contribution in [3.63, 3.8) is 0 Å². The van der Waals surface area contributed by atoms with Crippen LogP contribution in [0.3, 0.4) is 0 Å². The van der Waals surface area contributed by atoms with Crippen LogP contribution in [-0.2, 0) is 4.79 Å². The van der Waals surface area contributed by atoms with Crippen LogP contribution >= 0.6 is 0 Å². The normalized spacial score (nSPS) is 29.6. The van der Waals surface area contributed by atoms with Crippen molar-refractivity contribution in [2.45, 2.75) is 75.8 Å². The number of nitrogens with zero attached hydrogens (tertiary/aromatic N) is 2. The maximum absolute atomic E-state index is 13.8. The van der Waals surface area contributed by atoms with Gasteiger partial charge in [-0.1, -0.05) is 6.07 Å². The minimum Gasteiger partial charge on any atom is -0.364 e. The Morgan fingerprint density at radius 2 is 1.86 bits per heavy atom. The molecule has 3 nitrogen and oxygen atoms in total. The molecule has 2 heterocycles. The number of amides is 1. The van der Waals surface area contributed by atoms with E-state index < -0.39 is 5.92 Å². The molecule has 1 aromatic rings. The van der Waals surface area contributed by atoms with Crippen LogP contribution in [-0.4, -0.2) is 40.9 Å². The van der Waals surface area contributed by atoms with Crippen LogP contribution in [0.4, 0.5) is 18.9 Å². The molecule has 1 unspecified atom stereocenters. The van der Waals surface area contributed by atoms with E-state index in [1.807, 2.05) is 11.0 Å². The second-order valence-electron chi connectivity index (χ2n) is 9.50. The average molecular weight is 394 g/mol. The standard InChI is InChI=1S/C22H29F3N2O/c1-20(2)14-21(15-27(20)18-6-3-5-17(23)13-18)9-4-12-26(21)19(28)16-7-10-22(24,25)11-8-16/h3,5-6,13,16H,4,7-12,14-15H2,1-2H3. The highest BCUT2D eigenvalue weighted by atomic mass is 19.3. The third kappa shape index (κ3) is 3.39. The third-order valence-electron chi connectivity index (χ3n) is 6.99. The van der Waals surface area contributed by atoms with Crippen LogP contribution in [0.25, 0.3) is 0 Å². The van der Waals surface area contributed by atoms with Gasteiger partial charge < -0.3 is 9.80 Å². The summed E-state index contributed by atoms with van der Waals surface area (Å²) >= 11 is 0. The predicted octanol–water partition coefficient (Wildman–Crippen LogP) is 5.00. The first-order chi connectivity index (χ1) is 13.1. The van der Waals surface area contributed by atoms with Gasteiger partial charge in [0.1, 0.15) is 5.82 Å². The van der Waals surface area contributed by atoms with E-state index in [9.17, 15) is 18.0 Å². The molecule has 4 rings (SSSR count). The van der Waals surface area contributed by atoms with Gasteiger partial charge in [0.05, 0.1) is 5.54 Å². The van der Waals surface area contributed by atoms with Gasteiger partial charge >= 0.3 is 0 Å². The highest BCUT2D eigenvalue weighted by Gasteiger charge is 2.55. The molecule has 0 aromatic heterocycles. The van der Waals surface area contributed by atoms with Crippen molar-refractivity contribution >= 4 is 11.6 Å². The van der Waals surface area contributed by atoms with Gasteiger partial charge in [-0.2, -0.15) is 0 Å². The van der Waals surface area contributed by atoms with Crippen molar-refractivity contribution in [2.24, 2.45) is 5.92 Å². The lowest BCUT2D eigenvalue weighted by Gasteiger charge is -2.39. The molecule has 2 aliphatic heterocycles. The van der Waals surface area contributed by atoms with Crippen LogP contribution in [0.5, 0.6) is 0 Å². The van der Waals surface area contributed by atoms with E-state index in [1.54, 1.807) is 12.1 Å². The molecule has 0 N–H and O–H groups in total. The molecule has 3 aliphatic rings. The van der Waals surface area contributed by atoms with Crippen molar-refractivity contribution < 1.29 is 18.0 Å². The van der Waals surface area contributed by atoms with E-state index in [-0.39, 0.29) is 54.4 Å². The van der Waals surface area contributed by atoms with Crippen LogP contribution in [0.1, 0.15) is 58.8 Å². The summed E-state index contributed by atoms with van der Waals surface area (Å²) in [5.74, 6) is -3.13. The Morgan fingerprint density at radius 3 is 2.54 bits per heavy atom. The van der Waals surface area contributed by atoms with Crippen molar-refractivity contribution in [1.29, 1.82) is 0 Å². The number of carbonyl (C=O) groups is 1. The maximum atomic E-state index is 13.8. The molecule has 1 spiro atoms. The van der Waals surface area contributed by atoms with Gasteiger partial charge in [-0.15, -0.1) is 0 Å². The first-order valence-corrected chi connectivity index (χ1v) is 10.3. The fourth-order valence-electron chi connectivity index (χ4n) is 5.69. The number of anilines is 1. The summed E-state index contributed by atoms with van der Waals surface area (Å²) in [5.41, 5.74) is 0.335. The number of rotatable bonds is 2. The third-order valence-corrected chi connectivity index (χ3v) is 6.99. The molecular formula is C22H29F3N2O. The molecule has 3 fully saturated rings. The SMILES string of the molecule is CC1(C)CC2(CCCN2C(=O)C2CCC(F)(F)CC2)CN1c1cccc(F)c1. The summed E-state index contributed by atoms with van der Waals surface area (Å²) in [6.07, 6.45) is 2.82. The van der Waals surface area contributed by atoms with E-state index >= 15 is 0 Å². The molecule has 1 saturated carbocycles. The highest BCUT2D eigenvalue weighted by molar-refractivity contribution is 5.80. The summed E-state index contributed by atoms with van der Waals surface area (Å²) in [6, 6.07) is 6.61. The van der Waals surface area contributed by atoms with Crippen LogP contribution in [0.2, 0.25) is 0 Å². The monoisotopic (exact) mass is 394 g/mol. The van der Waals surface area contributed by atoms with E-state index in [4.69, 9.17) is 0 Å². The van der Waals surface area contributed by atoms with E-state index in [0.717, 1.165) is 24.9 Å². The van der Waals surface area contributed by atoms with Gasteiger partial charge in [0.15, 0.2) is 0 Å². The van der Waals surface area contributed by atoms with Gasteiger partial charge in [0, 0.05) is 43.1 Å². The van der Waals surface area contributed by atoms with E-state index in [2.05, 4.69) is 18.7 Å². The lowest BCUT2D eigenvalue weighted by molar-refractivity contribution is -0.143. The first-order valence-electron chi connectivity index (χ1n) is 10.3. The Labute approximate surface area is 164 Å². The fraction of sp³-hybridized carbons (Fsp3) is 0.682. The van der Waals surface area contributed by atoms with Gasteiger partial charge in [-0.25, -0.2) is 13.2 Å². The van der Waals surface area contributed by atoms with Gasteiger partial charge in [0.2, 0.25) is 11.8 Å². The summed E-state index contributed by atoms with van der Waals surface area (Å²) in [5, 5.41) is 0. The number of likely N-dealkylation sites (tertiary alicyclic amines) is 1. The van der Waals surface area contributed by atoms with Crippen molar-refractivity contribution in [2.75, 3.05) is 18.0 Å². The van der Waals surface area contributed by atoms with Crippen LogP contribution in [0.15, 0.2) is 24.3 Å².